The summed E-state index contributed by atoms with van der Waals surface area (Å²) >= 11 is 3.58. The van der Waals surface area contributed by atoms with E-state index in [1.807, 2.05) is 0 Å². The Morgan fingerprint density at radius 3 is 2.52 bits per heavy atom. The first-order valence-electron chi connectivity index (χ1n) is 8.59. The lowest BCUT2D eigenvalue weighted by molar-refractivity contribution is 0.404. The van der Waals surface area contributed by atoms with E-state index in [1.54, 1.807) is 0 Å². The quantitative estimate of drug-likeness (QED) is 0.483. The lowest BCUT2D eigenvalue weighted by Crippen LogP contribution is -2.30. The van der Waals surface area contributed by atoms with Crippen molar-refractivity contribution in [3.63, 3.8) is 0 Å². The number of nitrogens with one attached hydrogen (secondary N) is 1. The lowest BCUT2D eigenvalue weighted by atomic mass is 9.93. The van der Waals surface area contributed by atoms with Gasteiger partial charge in [-0.2, -0.15) is 0 Å². The summed E-state index contributed by atoms with van der Waals surface area (Å²) in [5.74, 6) is 0.753. The average molecular weight is 354 g/mol. The van der Waals surface area contributed by atoms with Crippen LogP contribution in [0.15, 0.2) is 28.7 Å². The molecule has 1 unspecified atom stereocenters. The fraction of sp³-hybridized carbons (Fsp3) is 0.684. The second kappa shape index (κ2) is 11.3. The predicted molar refractivity (Wildman–Crippen MR) is 97.9 cm³/mol. The molecule has 1 atom stereocenters. The molecule has 120 valence electrons. The summed E-state index contributed by atoms with van der Waals surface area (Å²) in [6, 6.07) is 9.35. The molecule has 1 N–H and O–H groups in total. The van der Waals surface area contributed by atoms with E-state index in [1.165, 1.54) is 55.0 Å². The van der Waals surface area contributed by atoms with Crippen molar-refractivity contribution in [2.24, 2.45) is 5.92 Å². The second-order valence-electron chi connectivity index (χ2n) is 6.47. The molecule has 0 saturated carbocycles. The minimum atomic E-state index is 0.579. The molecule has 0 spiro atoms. The third-order valence-corrected chi connectivity index (χ3v) is 4.44. The number of benzene rings is 1. The first kappa shape index (κ1) is 18.7. The van der Waals surface area contributed by atoms with Crippen LogP contribution in [0.4, 0.5) is 0 Å². The number of hydrogen-bond donors (Lipinski definition) is 1. The van der Waals surface area contributed by atoms with Crippen molar-refractivity contribution in [2.75, 3.05) is 6.54 Å². The zero-order valence-corrected chi connectivity index (χ0v) is 15.6. The number of halogens is 1. The summed E-state index contributed by atoms with van der Waals surface area (Å²) in [6.45, 7) is 7.88. The molecule has 1 nitrogen and oxygen atoms in total. The molecule has 0 bridgehead atoms. The third-order valence-electron chi connectivity index (χ3n) is 3.94. The van der Waals surface area contributed by atoms with Crippen LogP contribution in [0.5, 0.6) is 0 Å². The van der Waals surface area contributed by atoms with Gasteiger partial charge in [-0.05, 0) is 43.0 Å². The van der Waals surface area contributed by atoms with E-state index in [0.717, 1.165) is 12.5 Å². The predicted octanol–water partition coefficient (Wildman–Crippen LogP) is 5.97. The molecule has 0 amide bonds. The molecule has 0 aliphatic heterocycles. The van der Waals surface area contributed by atoms with E-state index in [0.29, 0.717) is 6.04 Å². The van der Waals surface area contributed by atoms with Crippen LogP contribution >= 0.6 is 15.9 Å². The molecule has 1 aromatic carbocycles. The van der Waals surface area contributed by atoms with Crippen molar-refractivity contribution in [3.05, 3.63) is 34.3 Å². The average Bonchev–Trinajstić information content (AvgIpc) is 2.44. The van der Waals surface area contributed by atoms with Crippen LogP contribution in [0, 0.1) is 5.92 Å². The Morgan fingerprint density at radius 1 is 1.10 bits per heavy atom. The zero-order valence-electron chi connectivity index (χ0n) is 14.0. The van der Waals surface area contributed by atoms with Crippen LogP contribution in [-0.2, 0) is 6.42 Å². The SMILES string of the molecule is CCCCCCCC(CNC(C)C)Cc1cccc(Br)c1. The summed E-state index contributed by atoms with van der Waals surface area (Å²) in [6.07, 6.45) is 9.42. The van der Waals surface area contributed by atoms with E-state index < -0.39 is 0 Å². The summed E-state index contributed by atoms with van der Waals surface area (Å²) in [5, 5.41) is 3.62. The van der Waals surface area contributed by atoms with Gasteiger partial charge in [0.2, 0.25) is 0 Å². The molecule has 0 fully saturated rings. The van der Waals surface area contributed by atoms with Crippen LogP contribution in [0.25, 0.3) is 0 Å². The van der Waals surface area contributed by atoms with Crippen molar-refractivity contribution in [3.8, 4) is 0 Å². The maximum absolute atomic E-state index is 3.62. The number of unbranched alkanes of at least 4 members (excludes halogenated alkanes) is 4. The van der Waals surface area contributed by atoms with Gasteiger partial charge in [-0.1, -0.05) is 80.9 Å². The van der Waals surface area contributed by atoms with Gasteiger partial charge >= 0.3 is 0 Å². The highest BCUT2D eigenvalue weighted by atomic mass is 79.9. The molecule has 0 aliphatic carbocycles. The Kier molecular flexibility index (Phi) is 10.0. The van der Waals surface area contributed by atoms with Crippen LogP contribution in [0.2, 0.25) is 0 Å². The van der Waals surface area contributed by atoms with Gasteiger partial charge in [-0.25, -0.2) is 0 Å². The highest BCUT2D eigenvalue weighted by Gasteiger charge is 2.10. The largest absolute Gasteiger partial charge is 0.314 e. The van der Waals surface area contributed by atoms with Crippen LogP contribution in [0.1, 0.15) is 64.9 Å². The Balaban J connectivity index is 2.43. The molecule has 0 aromatic heterocycles. The molecule has 2 heteroatoms. The van der Waals surface area contributed by atoms with Crippen LogP contribution < -0.4 is 5.32 Å². The Bertz CT molecular complexity index is 376. The van der Waals surface area contributed by atoms with E-state index in [-0.39, 0.29) is 0 Å². The van der Waals surface area contributed by atoms with Gasteiger partial charge in [-0.15, -0.1) is 0 Å². The van der Waals surface area contributed by atoms with Gasteiger partial charge < -0.3 is 5.32 Å². The van der Waals surface area contributed by atoms with Crippen LogP contribution in [-0.4, -0.2) is 12.6 Å². The molecule has 0 aliphatic rings. The van der Waals surface area contributed by atoms with Crippen LogP contribution in [0.3, 0.4) is 0 Å². The summed E-state index contributed by atoms with van der Waals surface area (Å²) in [5.41, 5.74) is 1.45. The third kappa shape index (κ3) is 9.31. The Hall–Kier alpha value is -0.340. The Labute approximate surface area is 140 Å². The minimum absolute atomic E-state index is 0.579. The smallest absolute Gasteiger partial charge is 0.0177 e. The van der Waals surface area contributed by atoms with Gasteiger partial charge in [-0.3, -0.25) is 0 Å². The van der Waals surface area contributed by atoms with Gasteiger partial charge in [0, 0.05) is 10.5 Å². The van der Waals surface area contributed by atoms with Crippen molar-refractivity contribution >= 4 is 15.9 Å². The minimum Gasteiger partial charge on any atom is -0.314 e. The van der Waals surface area contributed by atoms with Gasteiger partial charge in [0.25, 0.3) is 0 Å². The molecular formula is C19H32BrN. The molecule has 1 aromatic rings. The number of rotatable bonds is 11. The summed E-state index contributed by atoms with van der Waals surface area (Å²) in [7, 11) is 0. The molecule has 0 heterocycles. The van der Waals surface area contributed by atoms with E-state index in [9.17, 15) is 0 Å². The van der Waals surface area contributed by atoms with E-state index in [4.69, 9.17) is 0 Å². The zero-order chi connectivity index (χ0) is 15.5. The Morgan fingerprint density at radius 2 is 1.86 bits per heavy atom. The summed E-state index contributed by atoms with van der Waals surface area (Å²) < 4.78 is 1.19. The highest BCUT2D eigenvalue weighted by molar-refractivity contribution is 9.10. The standard InChI is InChI=1S/C19H32BrN/c1-4-5-6-7-8-10-18(15-21-16(2)3)13-17-11-9-12-19(20)14-17/h9,11-12,14,16,18,21H,4-8,10,13,15H2,1-3H3. The fourth-order valence-electron chi connectivity index (χ4n) is 2.71. The molecule has 1 rings (SSSR count). The number of hydrogen-bond acceptors (Lipinski definition) is 1. The van der Waals surface area contributed by atoms with Gasteiger partial charge in [0.1, 0.15) is 0 Å². The van der Waals surface area contributed by atoms with E-state index in [2.05, 4.69) is 66.3 Å². The molecule has 0 saturated heterocycles. The van der Waals surface area contributed by atoms with Crippen molar-refractivity contribution in [2.45, 2.75) is 71.8 Å². The molecule has 21 heavy (non-hydrogen) atoms. The van der Waals surface area contributed by atoms with Crippen molar-refractivity contribution < 1.29 is 0 Å². The molecular weight excluding hydrogens is 322 g/mol. The highest BCUT2D eigenvalue weighted by Crippen LogP contribution is 2.19. The second-order valence-corrected chi connectivity index (χ2v) is 7.38. The van der Waals surface area contributed by atoms with Gasteiger partial charge in [0.15, 0.2) is 0 Å². The molecule has 0 radical (unpaired) electrons. The monoisotopic (exact) mass is 353 g/mol. The maximum Gasteiger partial charge on any atom is 0.0177 e. The maximum atomic E-state index is 3.62. The summed E-state index contributed by atoms with van der Waals surface area (Å²) in [4.78, 5) is 0. The fourth-order valence-corrected chi connectivity index (χ4v) is 3.16. The topological polar surface area (TPSA) is 12.0 Å². The lowest BCUT2D eigenvalue weighted by Gasteiger charge is -2.19. The van der Waals surface area contributed by atoms with E-state index >= 15 is 0 Å². The van der Waals surface area contributed by atoms with Crippen molar-refractivity contribution in [1.82, 2.24) is 5.32 Å². The normalized spacial score (nSPS) is 12.8. The first-order valence-corrected chi connectivity index (χ1v) is 9.39. The first-order chi connectivity index (χ1) is 10.1. The van der Waals surface area contributed by atoms with Gasteiger partial charge in [0.05, 0.1) is 0 Å². The van der Waals surface area contributed by atoms with Crippen molar-refractivity contribution in [1.29, 1.82) is 0 Å².